The normalized spacial score (nSPS) is 11.0. The fourth-order valence-electron chi connectivity index (χ4n) is 3.06. The van der Waals surface area contributed by atoms with Gasteiger partial charge in [0.1, 0.15) is 12.4 Å². The molecule has 2 aromatic heterocycles. The van der Waals surface area contributed by atoms with Crippen LogP contribution in [0.1, 0.15) is 16.8 Å². The second-order valence-electron chi connectivity index (χ2n) is 6.19. The summed E-state index contributed by atoms with van der Waals surface area (Å²) in [6.45, 7) is 4.10. The van der Waals surface area contributed by atoms with Crippen LogP contribution in [0.25, 0.3) is 16.7 Å². The van der Waals surface area contributed by atoms with Gasteiger partial charge in [0.15, 0.2) is 5.65 Å². The van der Waals surface area contributed by atoms with Gasteiger partial charge in [0, 0.05) is 17.0 Å². The molecule has 2 heterocycles. The van der Waals surface area contributed by atoms with Gasteiger partial charge in [-0.25, -0.2) is 9.07 Å². The van der Waals surface area contributed by atoms with Crippen LogP contribution in [0.2, 0.25) is 0 Å². The van der Waals surface area contributed by atoms with E-state index >= 15 is 0 Å². The Labute approximate surface area is 150 Å². The van der Waals surface area contributed by atoms with Gasteiger partial charge in [-0.05, 0) is 37.6 Å². The van der Waals surface area contributed by atoms with Crippen LogP contribution < -0.4 is 4.74 Å². The summed E-state index contributed by atoms with van der Waals surface area (Å²) in [5.41, 5.74) is 4.11. The first-order valence-corrected chi connectivity index (χ1v) is 8.42. The number of benzene rings is 2. The first-order valence-electron chi connectivity index (χ1n) is 8.42. The van der Waals surface area contributed by atoms with Crippen molar-refractivity contribution in [2.75, 3.05) is 0 Å². The van der Waals surface area contributed by atoms with E-state index in [4.69, 9.17) is 4.74 Å². The highest BCUT2D eigenvalue weighted by Crippen LogP contribution is 2.27. The minimum absolute atomic E-state index is 0.128. The third-order valence-electron chi connectivity index (χ3n) is 4.32. The van der Waals surface area contributed by atoms with E-state index < -0.39 is 0 Å². The first-order chi connectivity index (χ1) is 12.6. The van der Waals surface area contributed by atoms with Crippen molar-refractivity contribution in [1.82, 2.24) is 14.8 Å². The monoisotopic (exact) mass is 347 g/mol. The zero-order valence-electron chi connectivity index (χ0n) is 14.6. The molecule has 5 heteroatoms. The van der Waals surface area contributed by atoms with Crippen molar-refractivity contribution < 1.29 is 9.13 Å². The lowest BCUT2D eigenvalue weighted by molar-refractivity contribution is 0.288. The lowest BCUT2D eigenvalue weighted by Gasteiger charge is -2.09. The van der Waals surface area contributed by atoms with Gasteiger partial charge in [-0.2, -0.15) is 10.1 Å². The number of halogens is 1. The van der Waals surface area contributed by atoms with E-state index in [0.29, 0.717) is 11.4 Å². The van der Waals surface area contributed by atoms with E-state index in [1.165, 1.54) is 6.07 Å². The van der Waals surface area contributed by atoms with Gasteiger partial charge in [0.05, 0.1) is 11.4 Å². The maximum Gasteiger partial charge on any atom is 0.215 e. The van der Waals surface area contributed by atoms with Gasteiger partial charge in [-0.1, -0.05) is 36.4 Å². The van der Waals surface area contributed by atoms with Crippen molar-refractivity contribution in [2.45, 2.75) is 20.5 Å². The second-order valence-corrected chi connectivity index (χ2v) is 6.19. The third-order valence-corrected chi connectivity index (χ3v) is 4.32. The Balaban J connectivity index is 1.74. The van der Waals surface area contributed by atoms with E-state index in [0.717, 1.165) is 28.0 Å². The summed E-state index contributed by atoms with van der Waals surface area (Å²) in [6.07, 6.45) is 0. The average molecular weight is 347 g/mol. The summed E-state index contributed by atoms with van der Waals surface area (Å²) < 4.78 is 21.4. The van der Waals surface area contributed by atoms with Crippen molar-refractivity contribution in [3.8, 4) is 11.6 Å². The van der Waals surface area contributed by atoms with E-state index in [9.17, 15) is 4.39 Å². The molecule has 0 atom stereocenters. The van der Waals surface area contributed by atoms with E-state index in [1.54, 1.807) is 18.2 Å². The van der Waals surface area contributed by atoms with Gasteiger partial charge < -0.3 is 4.74 Å². The topological polar surface area (TPSA) is 39.9 Å². The number of aromatic nitrogens is 3. The first kappa shape index (κ1) is 16.3. The summed E-state index contributed by atoms with van der Waals surface area (Å²) in [7, 11) is 0. The second kappa shape index (κ2) is 6.59. The molecule has 0 fully saturated rings. The Hall–Kier alpha value is -3.21. The van der Waals surface area contributed by atoms with Crippen LogP contribution in [0.4, 0.5) is 4.39 Å². The van der Waals surface area contributed by atoms with Gasteiger partial charge in [-0.3, -0.25) is 0 Å². The van der Waals surface area contributed by atoms with E-state index in [2.05, 4.69) is 10.1 Å². The van der Waals surface area contributed by atoms with Crippen LogP contribution >= 0.6 is 0 Å². The number of ether oxygens (including phenoxy) is 1. The average Bonchev–Trinajstić information content (AvgIpc) is 2.99. The molecular weight excluding hydrogens is 329 g/mol. The van der Waals surface area contributed by atoms with Crippen LogP contribution in [-0.4, -0.2) is 14.8 Å². The molecule has 0 saturated carbocycles. The highest BCUT2D eigenvalue weighted by atomic mass is 19.1. The van der Waals surface area contributed by atoms with Crippen molar-refractivity contribution in [3.05, 3.63) is 83.3 Å². The molecule has 0 aliphatic rings. The molecule has 2 aromatic carbocycles. The number of pyridine rings is 1. The minimum atomic E-state index is -0.282. The predicted octanol–water partition coefficient (Wildman–Crippen LogP) is 4.76. The molecule has 4 nitrogen and oxygen atoms in total. The number of rotatable bonds is 4. The van der Waals surface area contributed by atoms with E-state index in [1.807, 2.05) is 54.9 Å². The van der Waals surface area contributed by atoms with Crippen LogP contribution in [0, 0.1) is 19.7 Å². The number of aryl methyl sites for hydroxylation is 2. The van der Waals surface area contributed by atoms with Gasteiger partial charge in [-0.15, -0.1) is 0 Å². The SMILES string of the molecule is Cc1cc(OCc2ccccc2F)nc2c1c(C)nn2-c1ccccc1. The van der Waals surface area contributed by atoms with Crippen molar-refractivity contribution in [3.63, 3.8) is 0 Å². The van der Waals surface area contributed by atoms with E-state index in [-0.39, 0.29) is 12.4 Å². The summed E-state index contributed by atoms with van der Waals surface area (Å²) in [4.78, 5) is 4.63. The molecule has 4 aromatic rings. The number of fused-ring (bicyclic) bond motifs is 1. The Kier molecular flexibility index (Phi) is 4.13. The maximum absolute atomic E-state index is 13.8. The molecular formula is C21H18FN3O. The summed E-state index contributed by atoms with van der Waals surface area (Å²) in [5, 5.41) is 5.64. The van der Waals surface area contributed by atoms with Crippen LogP contribution in [0.3, 0.4) is 0 Å². The lowest BCUT2D eigenvalue weighted by Crippen LogP contribution is -2.02. The standard InChI is InChI=1S/C21H18FN3O/c1-14-12-19(26-13-16-8-6-7-11-18(16)22)23-21-20(14)15(2)24-25(21)17-9-4-3-5-10-17/h3-12H,13H2,1-2H3. The Morgan fingerprint density at radius 3 is 2.50 bits per heavy atom. The maximum atomic E-state index is 13.8. The van der Waals surface area contributed by atoms with Crippen molar-refractivity contribution in [1.29, 1.82) is 0 Å². The summed E-state index contributed by atoms with van der Waals surface area (Å²) in [5.74, 6) is 0.172. The Morgan fingerprint density at radius 1 is 1.00 bits per heavy atom. The molecule has 0 amide bonds. The zero-order chi connectivity index (χ0) is 18.1. The molecule has 0 aliphatic heterocycles. The fraction of sp³-hybridized carbons (Fsp3) is 0.143. The van der Waals surface area contributed by atoms with Gasteiger partial charge >= 0.3 is 0 Å². The highest BCUT2D eigenvalue weighted by Gasteiger charge is 2.15. The predicted molar refractivity (Wildman–Crippen MR) is 99.1 cm³/mol. The lowest BCUT2D eigenvalue weighted by atomic mass is 10.1. The van der Waals surface area contributed by atoms with Crippen LogP contribution in [0.15, 0.2) is 60.7 Å². The number of hydrogen-bond acceptors (Lipinski definition) is 3. The molecule has 0 aliphatic carbocycles. The molecule has 26 heavy (non-hydrogen) atoms. The quantitative estimate of drug-likeness (QED) is 0.534. The molecule has 0 spiro atoms. The molecule has 4 rings (SSSR count). The highest BCUT2D eigenvalue weighted by molar-refractivity contribution is 5.83. The molecule has 0 radical (unpaired) electrons. The Bertz CT molecular complexity index is 1070. The largest absolute Gasteiger partial charge is 0.473 e. The molecule has 0 saturated heterocycles. The fourth-order valence-corrected chi connectivity index (χ4v) is 3.06. The third kappa shape index (κ3) is 2.92. The van der Waals surface area contributed by atoms with Crippen LogP contribution in [-0.2, 0) is 6.61 Å². The minimum Gasteiger partial charge on any atom is -0.473 e. The van der Waals surface area contributed by atoms with Crippen molar-refractivity contribution >= 4 is 11.0 Å². The van der Waals surface area contributed by atoms with Crippen LogP contribution in [0.5, 0.6) is 5.88 Å². The zero-order valence-corrected chi connectivity index (χ0v) is 14.6. The van der Waals surface area contributed by atoms with Gasteiger partial charge in [0.25, 0.3) is 0 Å². The summed E-state index contributed by atoms with van der Waals surface area (Å²) in [6, 6.07) is 18.3. The number of para-hydroxylation sites is 1. The molecule has 130 valence electrons. The van der Waals surface area contributed by atoms with Crippen molar-refractivity contribution in [2.24, 2.45) is 0 Å². The smallest absolute Gasteiger partial charge is 0.215 e. The summed E-state index contributed by atoms with van der Waals surface area (Å²) >= 11 is 0. The molecule has 0 N–H and O–H groups in total. The number of nitrogens with zero attached hydrogens (tertiary/aromatic N) is 3. The molecule has 0 bridgehead atoms. The number of hydrogen-bond donors (Lipinski definition) is 0. The van der Waals surface area contributed by atoms with Gasteiger partial charge in [0.2, 0.25) is 5.88 Å². The Morgan fingerprint density at radius 2 is 1.73 bits per heavy atom. The molecule has 0 unspecified atom stereocenters.